The predicted molar refractivity (Wildman–Crippen MR) is 139 cm³/mol. The predicted octanol–water partition coefficient (Wildman–Crippen LogP) is 3.06. The molecule has 37 heavy (non-hydrogen) atoms. The number of nitrogens with one attached hydrogen (secondary N) is 1. The maximum Gasteiger partial charge on any atom is 0.303 e. The Bertz CT molecular complexity index is 1170. The fraction of sp³-hybridized carbons (Fsp3) is 0.500. The maximum atomic E-state index is 14.2. The highest BCUT2D eigenvalue weighted by Crippen LogP contribution is 2.57. The molecule has 0 saturated carbocycles. The zero-order valence-corrected chi connectivity index (χ0v) is 22.1. The first-order chi connectivity index (χ1) is 17.4. The molecule has 1 aromatic rings. The Balaban J connectivity index is 1.96. The number of carbonyl (C=O) groups excluding carboxylic acids is 3. The van der Waals surface area contributed by atoms with Crippen LogP contribution in [0, 0.1) is 23.2 Å². The molecule has 1 saturated heterocycles. The minimum absolute atomic E-state index is 0.314. The van der Waals surface area contributed by atoms with Crippen molar-refractivity contribution in [2.45, 2.75) is 71.3 Å². The molecule has 3 aliphatic rings. The zero-order valence-electron chi connectivity index (χ0n) is 22.1. The van der Waals surface area contributed by atoms with E-state index in [1.54, 1.807) is 19.1 Å². The Kier molecular flexibility index (Phi) is 7.32. The van der Waals surface area contributed by atoms with Crippen molar-refractivity contribution in [1.82, 2.24) is 5.32 Å². The van der Waals surface area contributed by atoms with E-state index >= 15 is 0 Å². The van der Waals surface area contributed by atoms with Crippen LogP contribution in [0.15, 0.2) is 65.8 Å². The molecule has 0 bridgehead atoms. The third-order valence-corrected chi connectivity index (χ3v) is 8.49. The van der Waals surface area contributed by atoms with Crippen LogP contribution in [0.5, 0.6) is 0 Å². The third-order valence-electron chi connectivity index (χ3n) is 8.49. The van der Waals surface area contributed by atoms with Crippen LogP contribution in [0.1, 0.15) is 46.6 Å². The molecule has 4 rings (SSSR count). The fourth-order valence-corrected chi connectivity index (χ4v) is 6.54. The molecule has 3 N–H and O–H groups in total. The number of esters is 1. The van der Waals surface area contributed by atoms with Gasteiger partial charge in [0.15, 0.2) is 5.78 Å². The number of ether oxygens (including phenoxy) is 1. The van der Waals surface area contributed by atoms with Gasteiger partial charge in [-0.05, 0) is 56.9 Å². The summed E-state index contributed by atoms with van der Waals surface area (Å²) in [4.78, 5) is 39.5. The molecule has 1 amide bonds. The van der Waals surface area contributed by atoms with E-state index in [9.17, 15) is 24.6 Å². The van der Waals surface area contributed by atoms with Crippen molar-refractivity contribution in [3.05, 3.63) is 71.3 Å². The first-order valence-electron chi connectivity index (χ1n) is 12.9. The third kappa shape index (κ3) is 4.59. The van der Waals surface area contributed by atoms with Gasteiger partial charge < -0.3 is 20.3 Å². The number of benzene rings is 1. The molecule has 0 aromatic heterocycles. The van der Waals surface area contributed by atoms with Crippen molar-refractivity contribution in [3.8, 4) is 0 Å². The summed E-state index contributed by atoms with van der Waals surface area (Å²) in [5.41, 5.74) is -0.500. The average molecular weight is 508 g/mol. The smallest absolute Gasteiger partial charge is 0.303 e. The van der Waals surface area contributed by atoms with Crippen LogP contribution in [-0.2, 0) is 25.5 Å². The number of carbonyl (C=O) groups is 3. The highest BCUT2D eigenvalue weighted by atomic mass is 16.5. The lowest BCUT2D eigenvalue weighted by molar-refractivity contribution is -0.161. The van der Waals surface area contributed by atoms with E-state index < -0.39 is 46.9 Å². The number of allylic oxidation sites excluding steroid dienone is 1. The van der Waals surface area contributed by atoms with Gasteiger partial charge in [0.05, 0.1) is 6.10 Å². The molecule has 0 radical (unpaired) electrons. The van der Waals surface area contributed by atoms with Gasteiger partial charge in [0, 0.05) is 30.7 Å². The van der Waals surface area contributed by atoms with Crippen LogP contribution in [0.3, 0.4) is 0 Å². The Hall–Kier alpha value is -3.03. The number of rotatable bonds is 3. The SMILES string of the molecule is CC(=O)O[C@@H]1/C=C\[C@@](C)(O)C(=O)[C@@H](C)C/C=C\[C@H]2[C@H](O)C(C)=C(C)[C@H]3C(Cc4ccccc4)NC(=O)[C@]132. The molecule has 198 valence electrons. The Morgan fingerprint density at radius 2 is 1.81 bits per heavy atom. The second kappa shape index (κ2) is 10.0. The zero-order chi connectivity index (χ0) is 27.1. The minimum atomic E-state index is -1.82. The summed E-state index contributed by atoms with van der Waals surface area (Å²) in [5.74, 6) is -2.92. The maximum absolute atomic E-state index is 14.2. The van der Waals surface area contributed by atoms with E-state index in [0.717, 1.165) is 16.7 Å². The minimum Gasteiger partial charge on any atom is -0.457 e. The van der Waals surface area contributed by atoms with Crippen LogP contribution in [0.2, 0.25) is 0 Å². The van der Waals surface area contributed by atoms with Gasteiger partial charge in [-0.3, -0.25) is 14.4 Å². The summed E-state index contributed by atoms with van der Waals surface area (Å²) in [6.07, 6.45) is 5.17. The molecule has 7 nitrogen and oxygen atoms in total. The van der Waals surface area contributed by atoms with Gasteiger partial charge in [-0.15, -0.1) is 0 Å². The van der Waals surface area contributed by atoms with Crippen LogP contribution in [0.4, 0.5) is 0 Å². The van der Waals surface area contributed by atoms with Crippen molar-refractivity contribution in [2.75, 3.05) is 0 Å². The molecule has 2 aliphatic carbocycles. The van der Waals surface area contributed by atoms with E-state index in [0.29, 0.717) is 12.8 Å². The monoisotopic (exact) mass is 507 g/mol. The van der Waals surface area contributed by atoms with Gasteiger partial charge in [-0.25, -0.2) is 0 Å². The van der Waals surface area contributed by atoms with E-state index in [1.807, 2.05) is 44.2 Å². The van der Waals surface area contributed by atoms with Crippen molar-refractivity contribution in [3.63, 3.8) is 0 Å². The van der Waals surface area contributed by atoms with Crippen LogP contribution in [0.25, 0.3) is 0 Å². The second-order valence-corrected chi connectivity index (χ2v) is 11.0. The Labute approximate surface area is 218 Å². The molecule has 1 heterocycles. The van der Waals surface area contributed by atoms with Gasteiger partial charge >= 0.3 is 5.97 Å². The van der Waals surface area contributed by atoms with E-state index in [4.69, 9.17) is 4.74 Å². The van der Waals surface area contributed by atoms with Crippen LogP contribution in [-0.4, -0.2) is 51.7 Å². The van der Waals surface area contributed by atoms with E-state index in [2.05, 4.69) is 5.32 Å². The van der Waals surface area contributed by atoms with E-state index in [1.165, 1.54) is 26.0 Å². The topological polar surface area (TPSA) is 113 Å². The summed E-state index contributed by atoms with van der Waals surface area (Å²) in [7, 11) is 0. The quantitative estimate of drug-likeness (QED) is 0.428. The average Bonchev–Trinajstić information content (AvgIpc) is 3.13. The van der Waals surface area contributed by atoms with Crippen molar-refractivity contribution >= 4 is 17.7 Å². The molecule has 1 unspecified atom stereocenters. The summed E-state index contributed by atoms with van der Waals surface area (Å²) in [6, 6.07) is 9.52. The van der Waals surface area contributed by atoms with Crippen molar-refractivity contribution < 1.29 is 29.3 Å². The molecular formula is C30H37NO6. The molecule has 7 heteroatoms. The van der Waals surface area contributed by atoms with Gasteiger partial charge in [-0.2, -0.15) is 0 Å². The summed E-state index contributed by atoms with van der Waals surface area (Å²) < 4.78 is 5.82. The highest BCUT2D eigenvalue weighted by molar-refractivity contribution is 5.91. The second-order valence-electron chi connectivity index (χ2n) is 11.0. The number of aliphatic hydroxyl groups is 2. The van der Waals surface area contributed by atoms with E-state index in [-0.39, 0.29) is 17.7 Å². The number of amides is 1. The standard InChI is InChI=1S/C30H37NO6/c1-17-10-9-13-22-26(33)19(3)18(2)25-23(16-21-11-7-6-8-12-21)31-28(35)30(22,25)24(37-20(4)32)14-15-29(5,36)27(17)34/h6-9,11-15,17,22-26,33,36H,10,16H2,1-5H3,(H,31,35)/b13-9-,15-14-/t17-,22-,23?,24+,25-,26+,29+,30+/m0/s1. The van der Waals surface area contributed by atoms with Gasteiger partial charge in [0.1, 0.15) is 17.1 Å². The molecule has 1 spiro atoms. The van der Waals surface area contributed by atoms with Gasteiger partial charge in [0.25, 0.3) is 0 Å². The number of Topliss-reactive ketones (excluding diaryl/α,β-unsaturated/α-hetero) is 1. The van der Waals surface area contributed by atoms with Crippen LogP contribution < -0.4 is 5.32 Å². The summed E-state index contributed by atoms with van der Waals surface area (Å²) in [6.45, 7) is 8.20. The lowest BCUT2D eigenvalue weighted by Crippen LogP contribution is -2.58. The largest absolute Gasteiger partial charge is 0.457 e. The van der Waals surface area contributed by atoms with Gasteiger partial charge in [-0.1, -0.05) is 55.0 Å². The van der Waals surface area contributed by atoms with Crippen LogP contribution >= 0.6 is 0 Å². The van der Waals surface area contributed by atoms with Gasteiger partial charge in [0.2, 0.25) is 5.91 Å². The number of hydrogen-bond donors (Lipinski definition) is 3. The Morgan fingerprint density at radius 1 is 1.14 bits per heavy atom. The summed E-state index contributed by atoms with van der Waals surface area (Å²) >= 11 is 0. The first kappa shape index (κ1) is 27.0. The van der Waals surface area contributed by atoms with Crippen molar-refractivity contribution in [1.29, 1.82) is 0 Å². The normalized spacial score (nSPS) is 39.6. The molecule has 1 aliphatic heterocycles. The summed E-state index contributed by atoms with van der Waals surface area (Å²) in [5, 5.41) is 25.7. The number of aliphatic hydroxyl groups excluding tert-OH is 1. The fourth-order valence-electron chi connectivity index (χ4n) is 6.54. The molecule has 1 fully saturated rings. The molecular weight excluding hydrogens is 470 g/mol. The lowest BCUT2D eigenvalue weighted by atomic mass is 9.54. The van der Waals surface area contributed by atoms with Crippen molar-refractivity contribution in [2.24, 2.45) is 23.2 Å². The number of ketones is 1. The molecule has 1 aromatic carbocycles. The molecule has 8 atom stereocenters. The first-order valence-corrected chi connectivity index (χ1v) is 12.9. The Morgan fingerprint density at radius 3 is 2.46 bits per heavy atom. The highest BCUT2D eigenvalue weighted by Gasteiger charge is 2.67. The number of hydrogen-bond acceptors (Lipinski definition) is 6. The lowest BCUT2D eigenvalue weighted by Gasteiger charge is -2.49.